The Bertz CT molecular complexity index is 519. The second-order valence-electron chi connectivity index (χ2n) is 4.70. The van der Waals surface area contributed by atoms with Crippen molar-refractivity contribution in [2.45, 2.75) is 18.9 Å². The number of nitrogens with one attached hydrogen (secondary N) is 1. The predicted molar refractivity (Wildman–Crippen MR) is 78.1 cm³/mol. The Labute approximate surface area is 119 Å². The summed E-state index contributed by atoms with van der Waals surface area (Å²) in [5.41, 5.74) is 1.46. The van der Waals surface area contributed by atoms with E-state index in [1.165, 1.54) is 0 Å². The fraction of sp³-hybridized carbons (Fsp3) is 0.400. The van der Waals surface area contributed by atoms with Crippen molar-refractivity contribution in [2.75, 3.05) is 25.0 Å². The molecular weight excluding hydrogens is 258 g/mol. The molecule has 1 aromatic rings. The van der Waals surface area contributed by atoms with Crippen LogP contribution in [0.2, 0.25) is 5.02 Å². The quantitative estimate of drug-likeness (QED) is 0.861. The van der Waals surface area contributed by atoms with Crippen molar-refractivity contribution in [3.63, 3.8) is 0 Å². The molecule has 1 aliphatic heterocycles. The fourth-order valence-electron chi connectivity index (χ4n) is 2.32. The van der Waals surface area contributed by atoms with Gasteiger partial charge in [0.1, 0.15) is 6.07 Å². The molecule has 19 heavy (non-hydrogen) atoms. The minimum absolute atomic E-state index is 0.375. The van der Waals surface area contributed by atoms with Crippen LogP contribution in [0.25, 0.3) is 0 Å². The Balaban J connectivity index is 1.98. The SMILES string of the molecule is C#CCN1CCC(Nc2cc(Cl)ccc2C#N)CC1. The van der Waals surface area contributed by atoms with Crippen LogP contribution in [-0.2, 0) is 0 Å². The molecular formula is C15H16ClN3. The molecule has 2 rings (SSSR count). The first-order valence-corrected chi connectivity index (χ1v) is 6.72. The molecule has 0 unspecified atom stereocenters. The second kappa shape index (κ2) is 6.48. The molecule has 1 saturated heterocycles. The van der Waals surface area contributed by atoms with Crippen LogP contribution >= 0.6 is 11.6 Å². The molecule has 98 valence electrons. The number of nitrogens with zero attached hydrogens (tertiary/aromatic N) is 2. The monoisotopic (exact) mass is 273 g/mol. The molecule has 0 atom stereocenters. The maximum Gasteiger partial charge on any atom is 0.101 e. The summed E-state index contributed by atoms with van der Waals surface area (Å²) in [5, 5.41) is 13.2. The van der Waals surface area contributed by atoms with E-state index in [2.05, 4.69) is 22.2 Å². The van der Waals surface area contributed by atoms with Gasteiger partial charge in [0.2, 0.25) is 0 Å². The summed E-state index contributed by atoms with van der Waals surface area (Å²) >= 11 is 5.98. The molecule has 0 aromatic heterocycles. The number of benzene rings is 1. The highest BCUT2D eigenvalue weighted by Gasteiger charge is 2.19. The zero-order valence-corrected chi connectivity index (χ0v) is 11.5. The molecule has 4 heteroatoms. The average molecular weight is 274 g/mol. The molecule has 1 fully saturated rings. The molecule has 0 amide bonds. The highest BCUT2D eigenvalue weighted by molar-refractivity contribution is 6.30. The van der Waals surface area contributed by atoms with E-state index >= 15 is 0 Å². The first-order chi connectivity index (χ1) is 9.22. The predicted octanol–water partition coefficient (Wildman–Crippen LogP) is 2.72. The lowest BCUT2D eigenvalue weighted by Gasteiger charge is -2.31. The molecule has 1 aliphatic rings. The number of likely N-dealkylation sites (tertiary alicyclic amines) is 1. The van der Waals surface area contributed by atoms with E-state index in [1.807, 2.05) is 6.07 Å². The maximum atomic E-state index is 9.09. The van der Waals surface area contributed by atoms with E-state index in [0.717, 1.165) is 31.6 Å². The van der Waals surface area contributed by atoms with Crippen LogP contribution in [0.1, 0.15) is 18.4 Å². The van der Waals surface area contributed by atoms with E-state index in [4.69, 9.17) is 23.3 Å². The Kier molecular flexibility index (Phi) is 4.68. The third-order valence-electron chi connectivity index (χ3n) is 3.36. The van der Waals surface area contributed by atoms with Gasteiger partial charge in [-0.3, -0.25) is 4.90 Å². The Morgan fingerprint density at radius 1 is 1.42 bits per heavy atom. The molecule has 0 saturated carbocycles. The topological polar surface area (TPSA) is 39.1 Å². The minimum Gasteiger partial charge on any atom is -0.381 e. The van der Waals surface area contributed by atoms with Gasteiger partial charge in [0.05, 0.1) is 17.8 Å². The van der Waals surface area contributed by atoms with Crippen LogP contribution in [0.3, 0.4) is 0 Å². The first kappa shape index (κ1) is 13.7. The molecule has 0 aliphatic carbocycles. The van der Waals surface area contributed by atoms with Gasteiger partial charge in [0.15, 0.2) is 0 Å². The largest absolute Gasteiger partial charge is 0.381 e. The molecule has 0 radical (unpaired) electrons. The lowest BCUT2D eigenvalue weighted by Crippen LogP contribution is -2.39. The van der Waals surface area contributed by atoms with Crippen LogP contribution in [0.15, 0.2) is 18.2 Å². The molecule has 3 nitrogen and oxygen atoms in total. The standard InChI is InChI=1S/C15H16ClN3/c1-2-7-19-8-5-14(6-9-19)18-15-10-13(16)4-3-12(15)11-17/h1,3-4,10,14,18H,5-9H2. The van der Waals surface area contributed by atoms with Crippen molar-refractivity contribution in [3.05, 3.63) is 28.8 Å². The van der Waals surface area contributed by atoms with Crippen molar-refractivity contribution in [1.82, 2.24) is 4.90 Å². The molecule has 0 bridgehead atoms. The molecule has 1 N–H and O–H groups in total. The van der Waals surface area contributed by atoms with Gasteiger partial charge in [0.25, 0.3) is 0 Å². The summed E-state index contributed by atoms with van der Waals surface area (Å²) < 4.78 is 0. The second-order valence-corrected chi connectivity index (χ2v) is 5.14. The first-order valence-electron chi connectivity index (χ1n) is 6.35. The molecule has 1 aromatic carbocycles. The summed E-state index contributed by atoms with van der Waals surface area (Å²) in [6, 6.07) is 7.86. The third-order valence-corrected chi connectivity index (χ3v) is 3.60. The normalized spacial score (nSPS) is 16.6. The van der Waals surface area contributed by atoms with Crippen molar-refractivity contribution >= 4 is 17.3 Å². The van der Waals surface area contributed by atoms with Crippen LogP contribution < -0.4 is 5.32 Å². The van der Waals surface area contributed by atoms with Gasteiger partial charge in [-0.1, -0.05) is 17.5 Å². The van der Waals surface area contributed by atoms with E-state index in [1.54, 1.807) is 12.1 Å². The lowest BCUT2D eigenvalue weighted by molar-refractivity contribution is 0.243. The molecule has 0 spiro atoms. The van der Waals surface area contributed by atoms with Crippen LogP contribution in [0.5, 0.6) is 0 Å². The Morgan fingerprint density at radius 2 is 2.16 bits per heavy atom. The van der Waals surface area contributed by atoms with Gasteiger partial charge in [-0.05, 0) is 31.0 Å². The highest BCUT2D eigenvalue weighted by Crippen LogP contribution is 2.23. The van der Waals surface area contributed by atoms with Crippen molar-refractivity contribution in [2.24, 2.45) is 0 Å². The summed E-state index contributed by atoms with van der Waals surface area (Å²) in [6.07, 6.45) is 7.37. The number of anilines is 1. The number of hydrogen-bond donors (Lipinski definition) is 1. The van der Waals surface area contributed by atoms with Crippen molar-refractivity contribution in [1.29, 1.82) is 5.26 Å². The summed E-state index contributed by atoms with van der Waals surface area (Å²) in [5.74, 6) is 2.67. The van der Waals surface area contributed by atoms with E-state index in [9.17, 15) is 0 Å². The van der Waals surface area contributed by atoms with E-state index in [-0.39, 0.29) is 0 Å². The molecule has 1 heterocycles. The zero-order chi connectivity index (χ0) is 13.7. The van der Waals surface area contributed by atoms with E-state index in [0.29, 0.717) is 23.2 Å². The fourth-order valence-corrected chi connectivity index (χ4v) is 2.49. The highest BCUT2D eigenvalue weighted by atomic mass is 35.5. The summed E-state index contributed by atoms with van der Waals surface area (Å²) in [4.78, 5) is 2.27. The third kappa shape index (κ3) is 3.64. The van der Waals surface area contributed by atoms with Gasteiger partial charge in [-0.25, -0.2) is 0 Å². The van der Waals surface area contributed by atoms with Gasteiger partial charge in [0, 0.05) is 24.2 Å². The van der Waals surface area contributed by atoms with Crippen LogP contribution in [0.4, 0.5) is 5.69 Å². The maximum absolute atomic E-state index is 9.09. The van der Waals surface area contributed by atoms with E-state index < -0.39 is 0 Å². The number of piperidine rings is 1. The lowest BCUT2D eigenvalue weighted by atomic mass is 10.0. The number of terminal acetylenes is 1. The van der Waals surface area contributed by atoms with Crippen molar-refractivity contribution < 1.29 is 0 Å². The average Bonchev–Trinajstić information content (AvgIpc) is 2.42. The van der Waals surface area contributed by atoms with Gasteiger partial charge >= 0.3 is 0 Å². The summed E-state index contributed by atoms with van der Waals surface area (Å²) in [7, 11) is 0. The Morgan fingerprint density at radius 3 is 2.79 bits per heavy atom. The van der Waals surface area contributed by atoms with Crippen LogP contribution in [0, 0.1) is 23.7 Å². The van der Waals surface area contributed by atoms with Gasteiger partial charge < -0.3 is 5.32 Å². The van der Waals surface area contributed by atoms with Crippen LogP contribution in [-0.4, -0.2) is 30.6 Å². The van der Waals surface area contributed by atoms with Crippen molar-refractivity contribution in [3.8, 4) is 18.4 Å². The number of nitriles is 1. The number of halogens is 1. The Hall–Kier alpha value is -1.68. The number of hydrogen-bond acceptors (Lipinski definition) is 3. The van der Waals surface area contributed by atoms with Gasteiger partial charge in [-0.2, -0.15) is 5.26 Å². The zero-order valence-electron chi connectivity index (χ0n) is 10.7. The number of rotatable bonds is 3. The van der Waals surface area contributed by atoms with Gasteiger partial charge in [-0.15, -0.1) is 6.42 Å². The summed E-state index contributed by atoms with van der Waals surface area (Å²) in [6.45, 7) is 2.70. The minimum atomic E-state index is 0.375. The smallest absolute Gasteiger partial charge is 0.101 e.